The summed E-state index contributed by atoms with van der Waals surface area (Å²) in [5.74, 6) is -1.38. The third-order valence-electron chi connectivity index (χ3n) is 3.17. The van der Waals surface area contributed by atoms with E-state index in [1.165, 1.54) is 12.1 Å². The van der Waals surface area contributed by atoms with Crippen LogP contribution in [-0.4, -0.2) is 16.0 Å². The molecule has 2 aromatic carbocycles. The predicted molar refractivity (Wildman–Crippen MR) is 93.8 cm³/mol. The van der Waals surface area contributed by atoms with E-state index in [4.69, 9.17) is 11.3 Å². The van der Waals surface area contributed by atoms with E-state index < -0.39 is 41.8 Å². The van der Waals surface area contributed by atoms with E-state index in [1.54, 1.807) is 0 Å². The number of carbonyl (C=O) groups is 1. The lowest BCUT2D eigenvalue weighted by molar-refractivity contribution is 0.102. The molecular weight excluding hydrogens is 428 g/mol. The molecule has 1 heterocycles. The first-order valence-corrected chi connectivity index (χ1v) is 7.93. The van der Waals surface area contributed by atoms with Crippen LogP contribution in [0.15, 0.2) is 49.7 Å². The van der Waals surface area contributed by atoms with Crippen LogP contribution >= 0.6 is 31.9 Å². The minimum atomic E-state index is -2.38. The summed E-state index contributed by atoms with van der Waals surface area (Å²) in [4.78, 5) is 13.2. The number of phenols is 1. The fourth-order valence-corrected chi connectivity index (χ4v) is 3.32. The van der Waals surface area contributed by atoms with Crippen LogP contribution in [0.3, 0.4) is 0 Å². The standard InChI is InChI=1S/C17H12Br2O4/c1-8(20)17-14(10-4-2-3-5-13(10)23-17)15(21)9-6-11(18)16(22)12(19)7-9/h2-8,20,22H,1H3/i2D,3D,4D,5D,8D. The van der Waals surface area contributed by atoms with E-state index in [0.29, 0.717) is 0 Å². The first kappa shape index (κ1) is 11.0. The highest BCUT2D eigenvalue weighted by Gasteiger charge is 2.25. The van der Waals surface area contributed by atoms with E-state index in [9.17, 15) is 15.0 Å². The Hall–Kier alpha value is -1.63. The lowest BCUT2D eigenvalue weighted by Crippen LogP contribution is -2.06. The number of fused-ring (bicyclic) bond motifs is 1. The van der Waals surface area contributed by atoms with Crippen LogP contribution in [-0.2, 0) is 0 Å². The highest BCUT2D eigenvalue weighted by Crippen LogP contribution is 2.36. The van der Waals surface area contributed by atoms with E-state index in [-0.39, 0.29) is 36.8 Å². The zero-order chi connectivity index (χ0) is 21.1. The van der Waals surface area contributed by atoms with Crippen LogP contribution in [0.4, 0.5) is 0 Å². The van der Waals surface area contributed by atoms with Gasteiger partial charge in [-0.05, 0) is 57.0 Å². The fraction of sp³-hybridized carbons (Fsp3) is 0.118. The Balaban J connectivity index is 2.44. The van der Waals surface area contributed by atoms with Crippen LogP contribution in [0.2, 0.25) is 0 Å². The van der Waals surface area contributed by atoms with Gasteiger partial charge in [0.1, 0.15) is 23.2 Å². The summed E-state index contributed by atoms with van der Waals surface area (Å²) in [6.07, 6.45) is -2.38. The van der Waals surface area contributed by atoms with Crippen molar-refractivity contribution in [3.05, 3.63) is 62.1 Å². The van der Waals surface area contributed by atoms with Crippen molar-refractivity contribution < 1.29 is 26.3 Å². The maximum absolute atomic E-state index is 13.2. The van der Waals surface area contributed by atoms with E-state index in [1.807, 2.05) is 0 Å². The van der Waals surface area contributed by atoms with E-state index >= 15 is 0 Å². The maximum atomic E-state index is 13.2. The predicted octanol–water partition coefficient (Wildman–Crippen LogP) is 4.95. The number of hydrogen-bond donors (Lipinski definition) is 2. The first-order valence-electron chi connectivity index (χ1n) is 8.84. The molecule has 0 fully saturated rings. The fourth-order valence-electron chi connectivity index (χ4n) is 2.13. The molecule has 0 aliphatic carbocycles. The molecule has 3 aromatic rings. The summed E-state index contributed by atoms with van der Waals surface area (Å²) in [6, 6.07) is 0.461. The van der Waals surface area contributed by atoms with Gasteiger partial charge in [-0.1, -0.05) is 18.1 Å². The molecule has 2 N–H and O–H groups in total. The highest BCUT2D eigenvalue weighted by atomic mass is 79.9. The Labute approximate surface area is 156 Å². The summed E-state index contributed by atoms with van der Waals surface area (Å²) in [5.41, 5.74) is -0.627. The average Bonchev–Trinajstić information content (AvgIpc) is 3.02. The van der Waals surface area contributed by atoms with Crippen molar-refractivity contribution in [2.75, 3.05) is 0 Å². The lowest BCUT2D eigenvalue weighted by atomic mass is 9.98. The van der Waals surface area contributed by atoms with Gasteiger partial charge in [0.2, 0.25) is 0 Å². The molecule has 23 heavy (non-hydrogen) atoms. The van der Waals surface area contributed by atoms with Crippen molar-refractivity contribution in [2.24, 2.45) is 0 Å². The molecule has 0 saturated heterocycles. The number of carbonyl (C=O) groups excluding carboxylic acids is 1. The number of aromatic hydroxyl groups is 1. The topological polar surface area (TPSA) is 70.7 Å². The molecule has 3 rings (SSSR count). The van der Waals surface area contributed by atoms with Gasteiger partial charge in [0.15, 0.2) is 5.78 Å². The van der Waals surface area contributed by atoms with Gasteiger partial charge < -0.3 is 14.6 Å². The average molecular weight is 445 g/mol. The van der Waals surface area contributed by atoms with Gasteiger partial charge in [-0.15, -0.1) is 0 Å². The quantitative estimate of drug-likeness (QED) is 0.560. The smallest absolute Gasteiger partial charge is 0.197 e. The van der Waals surface area contributed by atoms with Crippen LogP contribution in [0, 0.1) is 0 Å². The van der Waals surface area contributed by atoms with Gasteiger partial charge in [-0.2, -0.15) is 0 Å². The summed E-state index contributed by atoms with van der Waals surface area (Å²) in [7, 11) is 0. The van der Waals surface area contributed by atoms with E-state index in [0.717, 1.165) is 6.92 Å². The molecule has 0 radical (unpaired) electrons. The van der Waals surface area contributed by atoms with Crippen LogP contribution in [0.25, 0.3) is 11.0 Å². The Kier molecular flexibility index (Phi) is 2.93. The van der Waals surface area contributed by atoms with Crippen LogP contribution in [0.5, 0.6) is 5.75 Å². The minimum absolute atomic E-state index is 0.0390. The second-order valence-corrected chi connectivity index (χ2v) is 6.42. The molecule has 1 unspecified atom stereocenters. The molecule has 1 atom stereocenters. The number of para-hydroxylation sites is 1. The molecule has 0 aliphatic rings. The van der Waals surface area contributed by atoms with Crippen molar-refractivity contribution >= 4 is 48.6 Å². The van der Waals surface area contributed by atoms with Gasteiger partial charge in [0.25, 0.3) is 0 Å². The Morgan fingerprint density at radius 1 is 1.30 bits per heavy atom. The zero-order valence-corrected chi connectivity index (χ0v) is 14.8. The summed E-state index contributed by atoms with van der Waals surface area (Å²) >= 11 is 6.24. The number of furan rings is 1. The number of hydrogen-bond acceptors (Lipinski definition) is 4. The van der Waals surface area contributed by atoms with Crippen molar-refractivity contribution in [3.63, 3.8) is 0 Å². The molecule has 0 aliphatic heterocycles. The first-order chi connectivity index (χ1) is 12.9. The van der Waals surface area contributed by atoms with Gasteiger partial charge >= 0.3 is 0 Å². The van der Waals surface area contributed by atoms with Crippen molar-refractivity contribution in [1.82, 2.24) is 0 Å². The number of halogens is 2. The summed E-state index contributed by atoms with van der Waals surface area (Å²) in [5, 5.41) is 19.8. The Morgan fingerprint density at radius 3 is 2.52 bits per heavy atom. The third-order valence-corrected chi connectivity index (χ3v) is 4.38. The van der Waals surface area contributed by atoms with Gasteiger partial charge in [-0.3, -0.25) is 4.79 Å². The molecule has 0 saturated carbocycles. The zero-order valence-electron chi connectivity index (χ0n) is 16.6. The molecular formula is C17H12Br2O4. The number of rotatable bonds is 3. The molecule has 0 spiro atoms. The molecule has 0 bridgehead atoms. The monoisotopic (exact) mass is 443 g/mol. The summed E-state index contributed by atoms with van der Waals surface area (Å²) < 4.78 is 45.5. The molecule has 0 amide bonds. The Morgan fingerprint density at radius 2 is 1.91 bits per heavy atom. The van der Waals surface area contributed by atoms with Gasteiger partial charge in [0.05, 0.1) is 21.4 Å². The van der Waals surface area contributed by atoms with Crippen LogP contribution < -0.4 is 0 Å². The highest BCUT2D eigenvalue weighted by molar-refractivity contribution is 9.11. The normalized spacial score (nSPS) is 17.0. The largest absolute Gasteiger partial charge is 0.506 e. The number of aliphatic hydroxyl groups is 1. The lowest BCUT2D eigenvalue weighted by Gasteiger charge is -2.07. The SMILES string of the molecule is [2H]c1c([2H])c([2H])c2c(C(=O)c3cc(Br)c(O)c(Br)c3)c(C([2H])(C)O)oc2c1[2H]. The van der Waals surface area contributed by atoms with Gasteiger partial charge in [-0.25, -0.2) is 0 Å². The van der Waals surface area contributed by atoms with Crippen LogP contribution in [0.1, 0.15) is 41.5 Å². The molecule has 118 valence electrons. The third kappa shape index (κ3) is 2.82. The molecule has 6 heteroatoms. The van der Waals surface area contributed by atoms with Gasteiger partial charge in [0, 0.05) is 10.9 Å². The number of benzene rings is 2. The second kappa shape index (κ2) is 6.11. The number of ketones is 1. The molecule has 4 nitrogen and oxygen atoms in total. The maximum Gasteiger partial charge on any atom is 0.197 e. The number of phenolic OH excluding ortho intramolecular Hbond substituents is 1. The second-order valence-electron chi connectivity index (χ2n) is 4.71. The minimum Gasteiger partial charge on any atom is -0.506 e. The van der Waals surface area contributed by atoms with Crippen molar-refractivity contribution in [1.29, 1.82) is 0 Å². The van der Waals surface area contributed by atoms with Crippen molar-refractivity contribution in [2.45, 2.75) is 13.0 Å². The molecule has 1 aromatic heterocycles. The summed E-state index contributed by atoms with van der Waals surface area (Å²) in [6.45, 7) is 1.06. The Bertz CT molecular complexity index is 1130. The van der Waals surface area contributed by atoms with E-state index in [2.05, 4.69) is 31.9 Å². The van der Waals surface area contributed by atoms with Crippen molar-refractivity contribution in [3.8, 4) is 5.75 Å².